The minimum atomic E-state index is -0.229. The maximum absolute atomic E-state index is 13.9. The van der Waals surface area contributed by atoms with E-state index in [4.69, 9.17) is 0 Å². The highest BCUT2D eigenvalue weighted by molar-refractivity contribution is 9.10. The van der Waals surface area contributed by atoms with E-state index in [-0.39, 0.29) is 5.82 Å². The average Bonchev–Trinajstić information content (AvgIpc) is 3.07. The number of hydrogen-bond donors (Lipinski definition) is 0. The molecule has 0 spiro atoms. The molecule has 0 aliphatic carbocycles. The lowest BCUT2D eigenvalue weighted by Crippen LogP contribution is -2.33. The van der Waals surface area contributed by atoms with Gasteiger partial charge in [0.1, 0.15) is 18.8 Å². The molecule has 0 bridgehead atoms. The average molecular weight is 341 g/mol. The predicted octanol–water partition coefficient (Wildman–Crippen LogP) is 2.71. The molecule has 0 amide bonds. The van der Waals surface area contributed by atoms with Crippen molar-refractivity contribution >= 4 is 28.0 Å². The van der Waals surface area contributed by atoms with Crippen molar-refractivity contribution in [2.75, 3.05) is 37.7 Å². The van der Waals surface area contributed by atoms with Gasteiger partial charge in [0.05, 0.1) is 12.2 Å². The zero-order valence-electron chi connectivity index (χ0n) is 11.3. The molecule has 0 unspecified atom stereocenters. The van der Waals surface area contributed by atoms with E-state index in [0.717, 1.165) is 17.6 Å². The quantitative estimate of drug-likeness (QED) is 0.841. The summed E-state index contributed by atoms with van der Waals surface area (Å²) in [6.07, 6.45) is 4.31. The van der Waals surface area contributed by atoms with Gasteiger partial charge < -0.3 is 9.80 Å². The van der Waals surface area contributed by atoms with Crippen molar-refractivity contribution in [3.8, 4) is 0 Å². The van der Waals surface area contributed by atoms with Gasteiger partial charge in [-0.3, -0.25) is 5.01 Å². The Labute approximate surface area is 127 Å². The van der Waals surface area contributed by atoms with Crippen LogP contribution in [0.4, 0.5) is 10.1 Å². The molecule has 3 rings (SSSR count). The third-order valence-corrected chi connectivity index (χ3v) is 4.26. The molecular weight excluding hydrogens is 323 g/mol. The molecule has 2 aliphatic rings. The molecule has 0 N–H and O–H groups in total. The van der Waals surface area contributed by atoms with Gasteiger partial charge in [-0.1, -0.05) is 15.9 Å². The Bertz CT molecular complexity index is 502. The van der Waals surface area contributed by atoms with Gasteiger partial charge in [0.25, 0.3) is 0 Å². The highest BCUT2D eigenvalue weighted by atomic mass is 79.9. The number of rotatable bonds is 4. The lowest BCUT2D eigenvalue weighted by Gasteiger charge is -2.22. The molecule has 0 saturated carbocycles. The molecule has 20 heavy (non-hydrogen) atoms. The van der Waals surface area contributed by atoms with Crippen LogP contribution in [0.3, 0.4) is 0 Å². The minimum absolute atomic E-state index is 0.229. The number of likely N-dealkylation sites (tertiary alicyclic amines) is 1. The highest BCUT2D eigenvalue weighted by Crippen LogP contribution is 2.24. The summed E-state index contributed by atoms with van der Waals surface area (Å²) in [5.41, 5.74) is 0.570. The predicted molar refractivity (Wildman–Crippen MR) is 82.3 cm³/mol. The molecule has 0 radical (unpaired) electrons. The van der Waals surface area contributed by atoms with Crippen molar-refractivity contribution in [2.45, 2.75) is 12.8 Å². The first-order valence-corrected chi connectivity index (χ1v) is 7.75. The van der Waals surface area contributed by atoms with Gasteiger partial charge in [0.15, 0.2) is 0 Å². The van der Waals surface area contributed by atoms with Crippen LogP contribution < -0.4 is 4.90 Å². The fourth-order valence-corrected chi connectivity index (χ4v) is 2.96. The topological polar surface area (TPSA) is 22.1 Å². The van der Waals surface area contributed by atoms with Crippen LogP contribution in [0.1, 0.15) is 12.8 Å². The van der Waals surface area contributed by atoms with E-state index >= 15 is 0 Å². The van der Waals surface area contributed by atoms with Crippen molar-refractivity contribution in [3.05, 3.63) is 28.5 Å². The summed E-state index contributed by atoms with van der Waals surface area (Å²) < 4.78 is 14.7. The summed E-state index contributed by atoms with van der Waals surface area (Å²) in [5.74, 6) is -0.229. The van der Waals surface area contributed by atoms with Gasteiger partial charge in [-0.15, -0.1) is 0 Å². The maximum Gasteiger partial charge on any atom is 0.148 e. The molecule has 1 saturated heterocycles. The normalized spacial score (nSPS) is 19.3. The van der Waals surface area contributed by atoms with E-state index in [1.807, 2.05) is 16.0 Å². The smallest absolute Gasteiger partial charge is 0.148 e. The molecule has 2 heterocycles. The Kier molecular flexibility index (Phi) is 4.21. The van der Waals surface area contributed by atoms with Gasteiger partial charge in [0, 0.05) is 11.0 Å². The van der Waals surface area contributed by atoms with E-state index in [2.05, 4.69) is 25.9 Å². The lowest BCUT2D eigenvalue weighted by molar-refractivity contribution is 0.248. The highest BCUT2D eigenvalue weighted by Gasteiger charge is 2.19. The standard InChI is InChI=1S/C14H18BrFN4/c15-12-3-4-14(13(16)9-12)19-10-17-20(11-19)8-7-18-5-1-2-6-18/h3-4,9-10H,1-2,5-8,11H2. The van der Waals surface area contributed by atoms with Gasteiger partial charge in [-0.2, -0.15) is 5.10 Å². The number of nitrogens with zero attached hydrogens (tertiary/aromatic N) is 4. The molecule has 1 aromatic rings. The second-order valence-corrected chi connectivity index (χ2v) is 6.13. The third kappa shape index (κ3) is 3.12. The van der Waals surface area contributed by atoms with Crippen LogP contribution in [0.2, 0.25) is 0 Å². The van der Waals surface area contributed by atoms with Gasteiger partial charge in [0.2, 0.25) is 0 Å². The summed E-state index contributed by atoms with van der Waals surface area (Å²) in [7, 11) is 0. The van der Waals surface area contributed by atoms with Crippen LogP contribution in [-0.2, 0) is 0 Å². The number of anilines is 1. The largest absolute Gasteiger partial charge is 0.308 e. The van der Waals surface area contributed by atoms with Gasteiger partial charge in [-0.25, -0.2) is 4.39 Å². The van der Waals surface area contributed by atoms with E-state index in [9.17, 15) is 4.39 Å². The summed E-state index contributed by atoms with van der Waals surface area (Å²) in [5, 5.41) is 6.33. The Balaban J connectivity index is 1.55. The Hall–Kier alpha value is -1.14. The molecule has 108 valence electrons. The summed E-state index contributed by atoms with van der Waals surface area (Å²) in [6.45, 7) is 4.94. The van der Waals surface area contributed by atoms with E-state index in [1.165, 1.54) is 32.0 Å². The molecular formula is C14H18BrFN4. The van der Waals surface area contributed by atoms with E-state index in [1.54, 1.807) is 12.4 Å². The maximum atomic E-state index is 13.9. The molecule has 1 aromatic carbocycles. The molecule has 2 aliphatic heterocycles. The van der Waals surface area contributed by atoms with Crippen LogP contribution in [0, 0.1) is 5.82 Å². The molecule has 0 aromatic heterocycles. The molecule has 4 nitrogen and oxygen atoms in total. The Morgan fingerprint density at radius 3 is 2.75 bits per heavy atom. The first kappa shape index (κ1) is 13.8. The van der Waals surface area contributed by atoms with Crippen LogP contribution in [-0.4, -0.2) is 49.1 Å². The van der Waals surface area contributed by atoms with Crippen LogP contribution in [0.5, 0.6) is 0 Å². The first-order valence-electron chi connectivity index (χ1n) is 6.95. The molecule has 6 heteroatoms. The Morgan fingerprint density at radius 2 is 2.00 bits per heavy atom. The van der Waals surface area contributed by atoms with Gasteiger partial charge >= 0.3 is 0 Å². The van der Waals surface area contributed by atoms with Crippen molar-refractivity contribution < 1.29 is 4.39 Å². The summed E-state index contributed by atoms with van der Waals surface area (Å²) in [6, 6.07) is 5.10. The van der Waals surface area contributed by atoms with Crippen molar-refractivity contribution in [1.82, 2.24) is 9.91 Å². The SMILES string of the molecule is Fc1cc(Br)ccc1N1C=NN(CCN2CCCC2)C1. The summed E-state index contributed by atoms with van der Waals surface area (Å²) >= 11 is 3.27. The third-order valence-electron chi connectivity index (χ3n) is 3.76. The monoisotopic (exact) mass is 340 g/mol. The van der Waals surface area contributed by atoms with Crippen molar-refractivity contribution in [1.29, 1.82) is 0 Å². The second-order valence-electron chi connectivity index (χ2n) is 5.22. The van der Waals surface area contributed by atoms with Crippen LogP contribution in [0.15, 0.2) is 27.8 Å². The van der Waals surface area contributed by atoms with Crippen molar-refractivity contribution in [2.24, 2.45) is 5.10 Å². The van der Waals surface area contributed by atoms with Crippen LogP contribution in [0.25, 0.3) is 0 Å². The van der Waals surface area contributed by atoms with Crippen LogP contribution >= 0.6 is 15.9 Å². The Morgan fingerprint density at radius 1 is 1.20 bits per heavy atom. The second kappa shape index (κ2) is 6.10. The number of hydrazone groups is 1. The fourth-order valence-electron chi connectivity index (χ4n) is 2.63. The van der Waals surface area contributed by atoms with Gasteiger partial charge in [-0.05, 0) is 44.1 Å². The number of hydrogen-bond acceptors (Lipinski definition) is 4. The van der Waals surface area contributed by atoms with E-state index < -0.39 is 0 Å². The van der Waals surface area contributed by atoms with Crippen molar-refractivity contribution in [3.63, 3.8) is 0 Å². The zero-order valence-corrected chi connectivity index (χ0v) is 12.9. The fraction of sp³-hybridized carbons (Fsp3) is 0.500. The molecule has 0 atom stereocenters. The first-order chi connectivity index (χ1) is 9.72. The summed E-state index contributed by atoms with van der Waals surface area (Å²) in [4.78, 5) is 4.30. The molecule has 1 fully saturated rings. The van der Waals surface area contributed by atoms with E-state index in [0.29, 0.717) is 12.4 Å². The zero-order chi connectivity index (χ0) is 13.9. The number of benzene rings is 1. The number of halogens is 2. The lowest BCUT2D eigenvalue weighted by atomic mass is 10.3. The minimum Gasteiger partial charge on any atom is -0.308 e.